The van der Waals surface area contributed by atoms with E-state index in [1.54, 1.807) is 13.2 Å². The van der Waals surface area contributed by atoms with Crippen molar-refractivity contribution in [2.24, 2.45) is 0 Å². The molecule has 1 N–H and O–H groups in total. The Bertz CT molecular complexity index is 377. The quantitative estimate of drug-likeness (QED) is 0.567. The molecule has 1 atom stereocenters. The van der Waals surface area contributed by atoms with E-state index >= 15 is 0 Å². The zero-order valence-electron chi connectivity index (χ0n) is 11.5. The lowest BCUT2D eigenvalue weighted by atomic mass is 10.1. The third kappa shape index (κ3) is 4.08. The van der Waals surface area contributed by atoms with Crippen LogP contribution in [-0.2, 0) is 6.54 Å². The molecule has 0 saturated heterocycles. The summed E-state index contributed by atoms with van der Waals surface area (Å²) in [6, 6.07) is 5.94. The first-order valence-electron chi connectivity index (χ1n) is 6.38. The van der Waals surface area contributed by atoms with Gasteiger partial charge >= 0.3 is 0 Å². The molecule has 1 aromatic carbocycles. The summed E-state index contributed by atoms with van der Waals surface area (Å²) in [6.45, 7) is 9.62. The fourth-order valence-corrected chi connectivity index (χ4v) is 1.63. The predicted molar refractivity (Wildman–Crippen MR) is 75.3 cm³/mol. The van der Waals surface area contributed by atoms with Crippen molar-refractivity contribution < 1.29 is 9.47 Å². The molecule has 1 rings (SSSR count). The average Bonchev–Trinajstić information content (AvgIpc) is 2.40. The average molecular weight is 249 g/mol. The van der Waals surface area contributed by atoms with Crippen LogP contribution in [0.1, 0.15) is 25.8 Å². The molecule has 1 aromatic rings. The minimum Gasteiger partial charge on any atom is -0.493 e. The zero-order chi connectivity index (χ0) is 13.4. The van der Waals surface area contributed by atoms with Crippen LogP contribution in [0, 0.1) is 0 Å². The topological polar surface area (TPSA) is 30.5 Å². The number of hydrogen-bond donors (Lipinski definition) is 1. The van der Waals surface area contributed by atoms with E-state index in [-0.39, 0.29) is 6.10 Å². The van der Waals surface area contributed by atoms with Crippen LogP contribution < -0.4 is 14.8 Å². The maximum atomic E-state index is 5.86. The van der Waals surface area contributed by atoms with Gasteiger partial charge < -0.3 is 14.8 Å². The SMILES string of the molecule is C=CC(C)Oc1c(CNCCC)cccc1OC. The third-order valence-electron chi connectivity index (χ3n) is 2.66. The Morgan fingerprint density at radius 1 is 1.44 bits per heavy atom. The Morgan fingerprint density at radius 3 is 2.83 bits per heavy atom. The van der Waals surface area contributed by atoms with E-state index in [1.807, 2.05) is 19.1 Å². The summed E-state index contributed by atoms with van der Waals surface area (Å²) in [6.07, 6.45) is 2.85. The van der Waals surface area contributed by atoms with Crippen LogP contribution in [0.15, 0.2) is 30.9 Å². The van der Waals surface area contributed by atoms with Crippen molar-refractivity contribution in [3.8, 4) is 11.5 Å². The Morgan fingerprint density at radius 2 is 2.22 bits per heavy atom. The first-order chi connectivity index (χ1) is 8.72. The molecule has 18 heavy (non-hydrogen) atoms. The van der Waals surface area contributed by atoms with Crippen molar-refractivity contribution in [3.05, 3.63) is 36.4 Å². The van der Waals surface area contributed by atoms with Gasteiger partial charge in [0.25, 0.3) is 0 Å². The number of methoxy groups -OCH3 is 1. The van der Waals surface area contributed by atoms with Crippen LogP contribution in [0.4, 0.5) is 0 Å². The highest BCUT2D eigenvalue weighted by molar-refractivity contribution is 5.46. The number of para-hydroxylation sites is 1. The molecule has 0 saturated carbocycles. The number of rotatable bonds is 8. The van der Waals surface area contributed by atoms with Crippen LogP contribution in [-0.4, -0.2) is 19.8 Å². The van der Waals surface area contributed by atoms with E-state index in [4.69, 9.17) is 9.47 Å². The highest BCUT2D eigenvalue weighted by Gasteiger charge is 2.12. The maximum absolute atomic E-state index is 5.86. The maximum Gasteiger partial charge on any atom is 0.166 e. The van der Waals surface area contributed by atoms with Crippen molar-refractivity contribution in [2.45, 2.75) is 32.9 Å². The minimum absolute atomic E-state index is 0.0359. The van der Waals surface area contributed by atoms with Crippen molar-refractivity contribution >= 4 is 0 Å². The highest BCUT2D eigenvalue weighted by atomic mass is 16.5. The molecule has 100 valence electrons. The molecule has 0 amide bonds. The van der Waals surface area contributed by atoms with Crippen LogP contribution in [0.25, 0.3) is 0 Å². The standard InChI is InChI=1S/C15H23NO2/c1-5-10-16-11-13-8-7-9-14(17-4)15(13)18-12(3)6-2/h6-9,12,16H,2,5,10-11H2,1,3-4H3. The molecule has 1 unspecified atom stereocenters. The molecule has 0 aliphatic rings. The lowest BCUT2D eigenvalue weighted by Gasteiger charge is -2.18. The zero-order valence-corrected chi connectivity index (χ0v) is 11.5. The Labute approximate surface area is 110 Å². The molecule has 0 spiro atoms. The molecule has 0 heterocycles. The van der Waals surface area contributed by atoms with Crippen molar-refractivity contribution in [3.63, 3.8) is 0 Å². The van der Waals surface area contributed by atoms with Gasteiger partial charge in [0.1, 0.15) is 6.10 Å². The van der Waals surface area contributed by atoms with E-state index in [1.165, 1.54) is 0 Å². The van der Waals surface area contributed by atoms with Gasteiger partial charge in [-0.05, 0) is 26.0 Å². The van der Waals surface area contributed by atoms with Crippen molar-refractivity contribution in [2.75, 3.05) is 13.7 Å². The highest BCUT2D eigenvalue weighted by Crippen LogP contribution is 2.32. The largest absolute Gasteiger partial charge is 0.493 e. The predicted octanol–water partition coefficient (Wildman–Crippen LogP) is 3.15. The summed E-state index contributed by atoms with van der Waals surface area (Å²) >= 11 is 0. The second kappa shape index (κ2) is 7.77. The number of nitrogens with one attached hydrogen (secondary N) is 1. The smallest absolute Gasteiger partial charge is 0.166 e. The van der Waals surface area contributed by atoms with Crippen molar-refractivity contribution in [1.82, 2.24) is 5.32 Å². The van der Waals surface area contributed by atoms with Gasteiger partial charge in [-0.15, -0.1) is 0 Å². The van der Waals surface area contributed by atoms with Crippen LogP contribution in [0.5, 0.6) is 11.5 Å². The fraction of sp³-hybridized carbons (Fsp3) is 0.467. The summed E-state index contributed by atoms with van der Waals surface area (Å²) in [5.41, 5.74) is 1.11. The lowest BCUT2D eigenvalue weighted by Crippen LogP contribution is -2.16. The molecule has 0 bridgehead atoms. The van der Waals surface area contributed by atoms with Gasteiger partial charge in [-0.2, -0.15) is 0 Å². The number of ether oxygens (including phenoxy) is 2. The van der Waals surface area contributed by atoms with E-state index in [2.05, 4.69) is 24.9 Å². The van der Waals surface area contributed by atoms with Crippen LogP contribution in [0.2, 0.25) is 0 Å². The van der Waals surface area contributed by atoms with Gasteiger partial charge in [0.2, 0.25) is 0 Å². The van der Waals surface area contributed by atoms with Gasteiger partial charge in [-0.25, -0.2) is 0 Å². The Balaban J connectivity index is 2.89. The number of benzene rings is 1. The molecular formula is C15H23NO2. The Kier molecular flexibility index (Phi) is 6.29. The van der Waals surface area contributed by atoms with Crippen LogP contribution in [0.3, 0.4) is 0 Å². The molecule has 0 aliphatic heterocycles. The summed E-state index contributed by atoms with van der Waals surface area (Å²) in [7, 11) is 1.66. The van der Waals surface area contributed by atoms with E-state index in [9.17, 15) is 0 Å². The second-order valence-electron chi connectivity index (χ2n) is 4.18. The molecule has 3 nitrogen and oxygen atoms in total. The summed E-state index contributed by atoms with van der Waals surface area (Å²) < 4.78 is 11.2. The van der Waals surface area contributed by atoms with Gasteiger partial charge in [-0.3, -0.25) is 0 Å². The Hall–Kier alpha value is -1.48. The van der Waals surface area contributed by atoms with E-state index in [0.717, 1.165) is 36.6 Å². The van der Waals surface area contributed by atoms with Crippen molar-refractivity contribution in [1.29, 1.82) is 0 Å². The molecular weight excluding hydrogens is 226 g/mol. The third-order valence-corrected chi connectivity index (χ3v) is 2.66. The van der Waals surface area contributed by atoms with Gasteiger partial charge in [-0.1, -0.05) is 31.7 Å². The summed E-state index contributed by atoms with van der Waals surface area (Å²) in [5.74, 6) is 1.57. The van der Waals surface area contributed by atoms with Gasteiger partial charge in [0.15, 0.2) is 11.5 Å². The van der Waals surface area contributed by atoms with Crippen LogP contribution >= 0.6 is 0 Å². The number of hydrogen-bond acceptors (Lipinski definition) is 3. The summed E-state index contributed by atoms with van der Waals surface area (Å²) in [5, 5.41) is 3.37. The summed E-state index contributed by atoms with van der Waals surface area (Å²) in [4.78, 5) is 0. The lowest BCUT2D eigenvalue weighted by molar-refractivity contribution is 0.251. The minimum atomic E-state index is -0.0359. The molecule has 0 radical (unpaired) electrons. The molecule has 3 heteroatoms. The molecule has 0 aliphatic carbocycles. The van der Waals surface area contributed by atoms with Gasteiger partial charge in [0, 0.05) is 12.1 Å². The van der Waals surface area contributed by atoms with E-state index in [0.29, 0.717) is 0 Å². The molecule has 0 fully saturated rings. The van der Waals surface area contributed by atoms with E-state index < -0.39 is 0 Å². The first kappa shape index (κ1) is 14.6. The normalized spacial score (nSPS) is 11.9. The van der Waals surface area contributed by atoms with Gasteiger partial charge in [0.05, 0.1) is 7.11 Å². The first-order valence-corrected chi connectivity index (χ1v) is 6.38. The second-order valence-corrected chi connectivity index (χ2v) is 4.18. The molecule has 0 aromatic heterocycles. The fourth-order valence-electron chi connectivity index (χ4n) is 1.63. The monoisotopic (exact) mass is 249 g/mol.